The molecule has 0 spiro atoms. The molecule has 1 saturated heterocycles. The Morgan fingerprint density at radius 2 is 2.17 bits per heavy atom. The van der Waals surface area contributed by atoms with E-state index in [1.54, 1.807) is 23.9 Å². The van der Waals surface area contributed by atoms with Gasteiger partial charge in [-0.1, -0.05) is 43.0 Å². The van der Waals surface area contributed by atoms with Gasteiger partial charge in [0.15, 0.2) is 0 Å². The van der Waals surface area contributed by atoms with Crippen LogP contribution in [0.5, 0.6) is 0 Å². The van der Waals surface area contributed by atoms with E-state index in [4.69, 9.17) is 5.41 Å². The van der Waals surface area contributed by atoms with Gasteiger partial charge in [0.2, 0.25) is 0 Å². The molecule has 1 aromatic rings. The van der Waals surface area contributed by atoms with Gasteiger partial charge in [-0.2, -0.15) is 11.8 Å². The van der Waals surface area contributed by atoms with E-state index in [1.165, 1.54) is 0 Å². The highest BCUT2D eigenvalue weighted by Gasteiger charge is 2.47. The fourth-order valence-electron chi connectivity index (χ4n) is 3.93. The fourth-order valence-corrected chi connectivity index (χ4v) is 5.07. The van der Waals surface area contributed by atoms with E-state index >= 15 is 0 Å². The third kappa shape index (κ3) is 4.84. The topological polar surface area (TPSA) is 47.3 Å². The molecule has 1 aliphatic heterocycles. The first-order chi connectivity index (χ1) is 13.9. The molecule has 0 amide bonds. The number of aliphatic hydroxyl groups is 1. The van der Waals surface area contributed by atoms with E-state index in [2.05, 4.69) is 11.5 Å². The Bertz CT molecular complexity index is 843. The molecule has 1 atom stereocenters. The van der Waals surface area contributed by atoms with Gasteiger partial charge in [0, 0.05) is 41.0 Å². The highest BCUT2D eigenvalue weighted by atomic mass is 32.2. The average molecular weight is 415 g/mol. The predicted molar refractivity (Wildman–Crippen MR) is 122 cm³/mol. The molecule has 3 rings (SSSR count). The summed E-state index contributed by atoms with van der Waals surface area (Å²) in [5.41, 5.74) is 2.28. The Balaban J connectivity index is 1.79. The fraction of sp³-hybridized carbons (Fsp3) is 0.458. The van der Waals surface area contributed by atoms with Crippen LogP contribution in [0.3, 0.4) is 0 Å². The number of nitrogens with zero attached hydrogens (tertiary/aromatic N) is 1. The number of benzene rings is 1. The number of aliphatic hydroxyl groups excluding tert-OH is 1. The predicted octanol–water partition coefficient (Wildman–Crippen LogP) is 5.17. The van der Waals surface area contributed by atoms with E-state index < -0.39 is 0 Å². The molecule has 156 valence electrons. The van der Waals surface area contributed by atoms with Gasteiger partial charge in [0.25, 0.3) is 0 Å². The minimum absolute atomic E-state index is 0.0718. The second-order valence-electron chi connectivity index (χ2n) is 8.33. The lowest BCUT2D eigenvalue weighted by molar-refractivity contribution is 0.257. The molecule has 1 aliphatic carbocycles. The summed E-state index contributed by atoms with van der Waals surface area (Å²) in [6.07, 6.45) is 9.94. The van der Waals surface area contributed by atoms with Crippen LogP contribution in [0.1, 0.15) is 44.2 Å². The lowest BCUT2D eigenvalue weighted by atomic mass is 9.92. The highest BCUT2D eigenvalue weighted by Crippen LogP contribution is 2.49. The number of rotatable bonds is 7. The van der Waals surface area contributed by atoms with E-state index in [1.807, 2.05) is 44.2 Å². The molecular formula is C24H31FN2OS. The third-order valence-corrected chi connectivity index (χ3v) is 7.35. The van der Waals surface area contributed by atoms with E-state index in [9.17, 15) is 9.50 Å². The molecule has 2 fully saturated rings. The molecule has 0 radical (unpaired) electrons. The molecule has 1 aromatic carbocycles. The largest absolute Gasteiger partial charge is 0.395 e. The number of nitrogens with one attached hydrogen (secondary N) is 1. The summed E-state index contributed by atoms with van der Waals surface area (Å²) >= 11 is 1.74. The van der Waals surface area contributed by atoms with E-state index in [0.717, 1.165) is 42.8 Å². The van der Waals surface area contributed by atoms with Crippen molar-refractivity contribution in [3.63, 3.8) is 0 Å². The summed E-state index contributed by atoms with van der Waals surface area (Å²) in [4.78, 5) is 2.13. The molecule has 1 saturated carbocycles. The average Bonchev–Trinajstić information content (AvgIpc) is 3.50. The first kappa shape index (κ1) is 21.8. The highest BCUT2D eigenvalue weighted by molar-refractivity contribution is 8.00. The molecule has 0 aromatic heterocycles. The maximum absolute atomic E-state index is 14.9. The smallest absolute Gasteiger partial charge is 0.131 e. The van der Waals surface area contributed by atoms with Crippen molar-refractivity contribution in [3.05, 3.63) is 66.0 Å². The number of halogens is 1. The van der Waals surface area contributed by atoms with Gasteiger partial charge < -0.3 is 10.0 Å². The van der Waals surface area contributed by atoms with Crippen molar-refractivity contribution < 1.29 is 9.50 Å². The molecule has 1 heterocycles. The zero-order valence-corrected chi connectivity index (χ0v) is 18.2. The molecule has 29 heavy (non-hydrogen) atoms. The second kappa shape index (κ2) is 8.88. The van der Waals surface area contributed by atoms with Crippen molar-refractivity contribution in [2.45, 2.75) is 43.3 Å². The van der Waals surface area contributed by atoms with Crippen LogP contribution >= 0.6 is 11.8 Å². The summed E-state index contributed by atoms with van der Waals surface area (Å²) in [7, 11) is 0. The van der Waals surface area contributed by atoms with Crippen molar-refractivity contribution in [1.82, 2.24) is 4.90 Å². The maximum atomic E-state index is 14.9. The molecular weight excluding hydrogens is 383 g/mol. The monoisotopic (exact) mass is 414 g/mol. The first-order valence-electron chi connectivity index (χ1n) is 10.2. The van der Waals surface area contributed by atoms with Crippen molar-refractivity contribution in [2.75, 3.05) is 25.4 Å². The summed E-state index contributed by atoms with van der Waals surface area (Å²) in [5.74, 6) is 1.25. The molecule has 3 nitrogen and oxygen atoms in total. The molecule has 0 bridgehead atoms. The standard InChI is InChI=1S/C24H31FN2OS/c1-4-6-7-18(5-2)20-9-8-19(14-21(20)25)24(10-11-24)16-27-12-13-29-23(3,17-28)15-22(27)26/h4-9,14,26,28H,2,10-13,15-17H2,1,3H3/b6-4-,18-7+,26-22?. The second-order valence-corrected chi connectivity index (χ2v) is 10.0. The van der Waals surface area contributed by atoms with Crippen LogP contribution in [0, 0.1) is 11.2 Å². The molecule has 2 aliphatic rings. The Morgan fingerprint density at radius 3 is 2.76 bits per heavy atom. The van der Waals surface area contributed by atoms with E-state index in [-0.39, 0.29) is 22.6 Å². The lowest BCUT2D eigenvalue weighted by Gasteiger charge is -2.30. The summed E-state index contributed by atoms with van der Waals surface area (Å²) in [6, 6.07) is 5.56. The number of hydrogen-bond donors (Lipinski definition) is 2. The zero-order valence-electron chi connectivity index (χ0n) is 17.4. The Hall–Kier alpha value is -1.85. The quantitative estimate of drug-likeness (QED) is 0.605. The lowest BCUT2D eigenvalue weighted by Crippen LogP contribution is -2.39. The van der Waals surface area contributed by atoms with Gasteiger partial charge in [-0.15, -0.1) is 0 Å². The van der Waals surface area contributed by atoms with Crippen LogP contribution in [-0.4, -0.2) is 46.0 Å². The summed E-state index contributed by atoms with van der Waals surface area (Å²) in [5, 5.41) is 18.2. The van der Waals surface area contributed by atoms with Gasteiger partial charge >= 0.3 is 0 Å². The molecule has 2 N–H and O–H groups in total. The molecule has 1 unspecified atom stereocenters. The number of hydrogen-bond acceptors (Lipinski definition) is 3. The minimum Gasteiger partial charge on any atom is -0.395 e. The van der Waals surface area contributed by atoms with Crippen LogP contribution in [0.4, 0.5) is 4.39 Å². The van der Waals surface area contributed by atoms with Gasteiger partial charge in [-0.3, -0.25) is 5.41 Å². The van der Waals surface area contributed by atoms with Crippen molar-refractivity contribution in [2.24, 2.45) is 0 Å². The van der Waals surface area contributed by atoms with Gasteiger partial charge in [-0.25, -0.2) is 4.39 Å². The third-order valence-electron chi connectivity index (χ3n) is 6.00. The van der Waals surface area contributed by atoms with Crippen LogP contribution in [0.2, 0.25) is 0 Å². The van der Waals surface area contributed by atoms with Gasteiger partial charge in [0.05, 0.1) is 12.4 Å². The van der Waals surface area contributed by atoms with Crippen LogP contribution in [-0.2, 0) is 5.41 Å². The van der Waals surface area contributed by atoms with Gasteiger partial charge in [-0.05, 0) is 43.9 Å². The van der Waals surface area contributed by atoms with Gasteiger partial charge in [0.1, 0.15) is 5.82 Å². The number of amidine groups is 1. The van der Waals surface area contributed by atoms with Crippen LogP contribution in [0.15, 0.2) is 49.1 Å². The van der Waals surface area contributed by atoms with E-state index in [0.29, 0.717) is 17.8 Å². The normalized spacial score (nSPS) is 24.6. The Kier molecular flexibility index (Phi) is 6.69. The van der Waals surface area contributed by atoms with Crippen molar-refractivity contribution in [1.29, 1.82) is 5.41 Å². The molecule has 5 heteroatoms. The van der Waals surface area contributed by atoms with Crippen LogP contribution < -0.4 is 0 Å². The first-order valence-corrected chi connectivity index (χ1v) is 11.2. The number of allylic oxidation sites excluding steroid dienone is 5. The summed E-state index contributed by atoms with van der Waals surface area (Å²) < 4.78 is 14.7. The van der Waals surface area contributed by atoms with Crippen LogP contribution in [0.25, 0.3) is 5.57 Å². The Labute approximate surface area is 177 Å². The summed E-state index contributed by atoms with van der Waals surface area (Å²) in [6.45, 7) is 9.39. The van der Waals surface area contributed by atoms with Crippen molar-refractivity contribution in [3.8, 4) is 0 Å². The Morgan fingerprint density at radius 1 is 1.41 bits per heavy atom. The number of thioether (sulfide) groups is 1. The zero-order chi connectivity index (χ0) is 21.1. The SMILES string of the molecule is C=C/C(=C\C=C/C)c1ccc(C2(CN3CCSC(C)(CO)CC3=N)CC2)cc1F. The minimum atomic E-state index is -0.281. The maximum Gasteiger partial charge on any atom is 0.131 e. The van der Waals surface area contributed by atoms with Crippen molar-refractivity contribution >= 4 is 23.2 Å².